The lowest BCUT2D eigenvalue weighted by atomic mass is 10.1. The third-order valence-corrected chi connectivity index (χ3v) is 3.13. The molecule has 0 saturated heterocycles. The molecule has 1 aromatic carbocycles. The lowest BCUT2D eigenvalue weighted by Crippen LogP contribution is -2.42. The van der Waals surface area contributed by atoms with Crippen molar-refractivity contribution < 1.29 is 19.1 Å². The van der Waals surface area contributed by atoms with E-state index in [4.69, 9.17) is 9.47 Å². The fourth-order valence-corrected chi connectivity index (χ4v) is 1.84. The molecule has 0 aromatic heterocycles. The second-order valence-corrected chi connectivity index (χ2v) is 5.41. The monoisotopic (exact) mass is 308 g/mol. The number of nitrogens with one attached hydrogen (secondary N) is 2. The molecular weight excluding hydrogens is 284 g/mol. The van der Waals surface area contributed by atoms with E-state index in [0.717, 1.165) is 5.56 Å². The van der Waals surface area contributed by atoms with Crippen molar-refractivity contribution in [3.8, 4) is 11.5 Å². The van der Waals surface area contributed by atoms with Crippen LogP contribution in [0.3, 0.4) is 0 Å². The van der Waals surface area contributed by atoms with Gasteiger partial charge in [0.05, 0.1) is 20.3 Å². The molecule has 1 atom stereocenters. The van der Waals surface area contributed by atoms with Gasteiger partial charge in [0.2, 0.25) is 0 Å². The van der Waals surface area contributed by atoms with E-state index in [1.807, 2.05) is 19.9 Å². The Morgan fingerprint density at radius 1 is 1.05 bits per heavy atom. The maximum Gasteiger partial charge on any atom is 0.309 e. The van der Waals surface area contributed by atoms with E-state index >= 15 is 0 Å². The molecule has 0 heterocycles. The molecule has 0 spiro atoms. The van der Waals surface area contributed by atoms with Gasteiger partial charge in [-0.15, -0.1) is 0 Å². The summed E-state index contributed by atoms with van der Waals surface area (Å²) in [6, 6.07) is 5.03. The third kappa shape index (κ3) is 4.95. The van der Waals surface area contributed by atoms with Gasteiger partial charge in [0.25, 0.3) is 0 Å². The van der Waals surface area contributed by atoms with Gasteiger partial charge in [-0.05, 0) is 30.5 Å². The van der Waals surface area contributed by atoms with Gasteiger partial charge in [-0.3, -0.25) is 9.59 Å². The molecule has 0 bridgehead atoms. The minimum atomic E-state index is -0.650. The van der Waals surface area contributed by atoms with Crippen LogP contribution in [-0.2, 0) is 9.59 Å². The molecule has 1 aromatic rings. The number of benzene rings is 1. The summed E-state index contributed by atoms with van der Waals surface area (Å²) in [7, 11) is 3.10. The van der Waals surface area contributed by atoms with Gasteiger partial charge < -0.3 is 20.1 Å². The van der Waals surface area contributed by atoms with Gasteiger partial charge in [0, 0.05) is 6.54 Å². The minimum absolute atomic E-state index is 0.292. The summed E-state index contributed by atoms with van der Waals surface area (Å²) in [6.07, 6.45) is 0. The summed E-state index contributed by atoms with van der Waals surface area (Å²) < 4.78 is 10.4. The van der Waals surface area contributed by atoms with E-state index in [-0.39, 0.29) is 6.04 Å². The molecule has 0 fully saturated rings. The number of hydrogen-bond donors (Lipinski definition) is 2. The van der Waals surface area contributed by atoms with Gasteiger partial charge in [0.15, 0.2) is 11.5 Å². The number of rotatable bonds is 6. The number of hydrogen-bond acceptors (Lipinski definition) is 4. The maximum absolute atomic E-state index is 11.8. The van der Waals surface area contributed by atoms with Crippen molar-refractivity contribution in [2.45, 2.75) is 26.8 Å². The molecule has 6 nitrogen and oxygen atoms in total. The first-order valence-corrected chi connectivity index (χ1v) is 7.19. The highest BCUT2D eigenvalue weighted by Gasteiger charge is 2.18. The molecule has 0 saturated carbocycles. The Bertz CT molecular complexity index is 529. The van der Waals surface area contributed by atoms with E-state index in [1.165, 1.54) is 0 Å². The zero-order valence-electron chi connectivity index (χ0n) is 13.7. The van der Waals surface area contributed by atoms with Crippen molar-refractivity contribution in [2.75, 3.05) is 20.8 Å². The van der Waals surface area contributed by atoms with Crippen LogP contribution in [0.25, 0.3) is 0 Å². The van der Waals surface area contributed by atoms with Crippen LogP contribution < -0.4 is 20.1 Å². The fourth-order valence-electron chi connectivity index (χ4n) is 1.84. The predicted octanol–water partition coefficient (Wildman–Crippen LogP) is 1.65. The normalized spacial score (nSPS) is 11.7. The summed E-state index contributed by atoms with van der Waals surface area (Å²) in [5.74, 6) is 0.203. The van der Waals surface area contributed by atoms with Crippen molar-refractivity contribution in [1.29, 1.82) is 0 Å². The van der Waals surface area contributed by atoms with Crippen molar-refractivity contribution in [3.63, 3.8) is 0 Å². The molecule has 0 aliphatic rings. The second kappa shape index (κ2) is 8.26. The van der Waals surface area contributed by atoms with Crippen LogP contribution in [0.5, 0.6) is 11.5 Å². The molecule has 0 aliphatic heterocycles. The first-order chi connectivity index (χ1) is 10.4. The van der Waals surface area contributed by atoms with Gasteiger partial charge in [-0.25, -0.2) is 0 Å². The molecule has 1 rings (SSSR count). The van der Waals surface area contributed by atoms with Crippen LogP contribution in [0.2, 0.25) is 0 Å². The smallest absolute Gasteiger partial charge is 0.309 e. The Kier molecular flexibility index (Phi) is 6.69. The summed E-state index contributed by atoms with van der Waals surface area (Å²) in [5, 5.41) is 5.24. The number of ether oxygens (including phenoxy) is 2. The van der Waals surface area contributed by atoms with Crippen molar-refractivity contribution >= 4 is 11.8 Å². The number of amides is 2. The maximum atomic E-state index is 11.8. The lowest BCUT2D eigenvalue weighted by Gasteiger charge is -2.16. The summed E-state index contributed by atoms with van der Waals surface area (Å²) in [4.78, 5) is 23.5. The number of methoxy groups -OCH3 is 2. The zero-order valence-corrected chi connectivity index (χ0v) is 13.7. The fraction of sp³-hybridized carbons (Fsp3) is 0.500. The molecule has 2 N–H and O–H groups in total. The van der Waals surface area contributed by atoms with Crippen LogP contribution in [-0.4, -0.2) is 32.6 Å². The highest BCUT2D eigenvalue weighted by Crippen LogP contribution is 2.29. The quantitative estimate of drug-likeness (QED) is 0.784. The lowest BCUT2D eigenvalue weighted by molar-refractivity contribution is -0.139. The average Bonchev–Trinajstić information content (AvgIpc) is 2.51. The molecule has 1 unspecified atom stereocenters. The SMILES string of the molecule is COc1ccc(C(C)NC(=O)C(=O)NCC(C)C)cc1OC. The standard InChI is InChI=1S/C16H24N2O4/c1-10(2)9-17-15(19)16(20)18-11(3)12-6-7-13(21-4)14(8-12)22-5/h6-8,10-11H,9H2,1-5H3,(H,17,19)(H,18,20). The zero-order chi connectivity index (χ0) is 16.7. The van der Waals surface area contributed by atoms with E-state index in [2.05, 4.69) is 10.6 Å². The second-order valence-electron chi connectivity index (χ2n) is 5.41. The van der Waals surface area contributed by atoms with Gasteiger partial charge >= 0.3 is 11.8 Å². The van der Waals surface area contributed by atoms with Gasteiger partial charge in [-0.2, -0.15) is 0 Å². The predicted molar refractivity (Wildman–Crippen MR) is 84.0 cm³/mol. The molecule has 2 amide bonds. The topological polar surface area (TPSA) is 76.7 Å². The molecule has 22 heavy (non-hydrogen) atoms. The van der Waals surface area contributed by atoms with E-state index in [1.54, 1.807) is 33.3 Å². The Morgan fingerprint density at radius 3 is 2.23 bits per heavy atom. The highest BCUT2D eigenvalue weighted by atomic mass is 16.5. The Labute approximate surface area is 131 Å². The molecule has 122 valence electrons. The first-order valence-electron chi connectivity index (χ1n) is 7.19. The summed E-state index contributed by atoms with van der Waals surface area (Å²) >= 11 is 0. The van der Waals surface area contributed by atoms with E-state index in [0.29, 0.717) is 24.0 Å². The van der Waals surface area contributed by atoms with Crippen LogP contribution >= 0.6 is 0 Å². The molecular formula is C16H24N2O4. The first kappa shape index (κ1) is 17.8. The molecule has 0 aliphatic carbocycles. The highest BCUT2D eigenvalue weighted by molar-refractivity contribution is 6.35. The van der Waals surface area contributed by atoms with Crippen LogP contribution in [0, 0.1) is 5.92 Å². The minimum Gasteiger partial charge on any atom is -0.493 e. The third-order valence-electron chi connectivity index (χ3n) is 3.13. The van der Waals surface area contributed by atoms with Gasteiger partial charge in [0.1, 0.15) is 0 Å². The number of carbonyl (C=O) groups excluding carboxylic acids is 2. The molecule has 0 radical (unpaired) electrons. The Balaban J connectivity index is 2.70. The van der Waals surface area contributed by atoms with Crippen LogP contribution in [0.1, 0.15) is 32.4 Å². The van der Waals surface area contributed by atoms with Crippen molar-refractivity contribution in [2.24, 2.45) is 5.92 Å². The van der Waals surface area contributed by atoms with Crippen molar-refractivity contribution in [3.05, 3.63) is 23.8 Å². The van der Waals surface area contributed by atoms with Crippen LogP contribution in [0.4, 0.5) is 0 Å². The number of carbonyl (C=O) groups is 2. The van der Waals surface area contributed by atoms with Crippen molar-refractivity contribution in [1.82, 2.24) is 10.6 Å². The summed E-state index contributed by atoms with van der Waals surface area (Å²) in [6.45, 7) is 6.20. The molecule has 6 heteroatoms. The Morgan fingerprint density at radius 2 is 1.68 bits per heavy atom. The van der Waals surface area contributed by atoms with Gasteiger partial charge in [-0.1, -0.05) is 19.9 Å². The Hall–Kier alpha value is -2.24. The van der Waals surface area contributed by atoms with Crippen LogP contribution in [0.15, 0.2) is 18.2 Å². The largest absolute Gasteiger partial charge is 0.493 e. The average molecular weight is 308 g/mol. The summed E-state index contributed by atoms with van der Waals surface area (Å²) in [5.41, 5.74) is 0.822. The van der Waals surface area contributed by atoms with E-state index in [9.17, 15) is 9.59 Å². The van der Waals surface area contributed by atoms with E-state index < -0.39 is 11.8 Å².